The van der Waals surface area contributed by atoms with Crippen molar-refractivity contribution in [3.8, 4) is 0 Å². The maximum absolute atomic E-state index is 12.1. The highest BCUT2D eigenvalue weighted by molar-refractivity contribution is 5.94. The summed E-state index contributed by atoms with van der Waals surface area (Å²) in [5.41, 5.74) is 2.40. The van der Waals surface area contributed by atoms with E-state index in [1.54, 1.807) is 0 Å². The molecule has 3 rings (SSSR count). The summed E-state index contributed by atoms with van der Waals surface area (Å²) in [4.78, 5) is 12.1. The summed E-state index contributed by atoms with van der Waals surface area (Å²) >= 11 is 0. The van der Waals surface area contributed by atoms with Gasteiger partial charge in [0.25, 0.3) is 0 Å². The maximum Gasteiger partial charge on any atom is 0.226 e. The van der Waals surface area contributed by atoms with Gasteiger partial charge in [-0.2, -0.15) is 5.10 Å². The number of rotatable bonds is 4. The van der Waals surface area contributed by atoms with Crippen LogP contribution in [-0.4, -0.2) is 28.8 Å². The van der Waals surface area contributed by atoms with Crippen LogP contribution in [0, 0.1) is 12.8 Å². The second kappa shape index (κ2) is 7.47. The van der Waals surface area contributed by atoms with Crippen molar-refractivity contribution >= 4 is 24.1 Å². The summed E-state index contributed by atoms with van der Waals surface area (Å²) < 4.78 is 2.01. The van der Waals surface area contributed by atoms with E-state index >= 15 is 0 Å². The third-order valence-corrected chi connectivity index (χ3v) is 4.88. The summed E-state index contributed by atoms with van der Waals surface area (Å²) in [7, 11) is 0. The Morgan fingerprint density at radius 2 is 2.05 bits per heavy atom. The third-order valence-electron chi connectivity index (χ3n) is 4.88. The minimum atomic E-state index is 0. The molecular weight excluding hydrogens is 300 g/mol. The van der Waals surface area contributed by atoms with E-state index < -0.39 is 0 Å². The zero-order valence-corrected chi connectivity index (χ0v) is 14.3. The molecule has 1 unspecified atom stereocenters. The second-order valence-corrected chi connectivity index (χ2v) is 6.37. The number of hydrogen-bond acceptors (Lipinski definition) is 3. The first kappa shape index (κ1) is 17.3. The zero-order chi connectivity index (χ0) is 14.8. The fourth-order valence-corrected chi connectivity index (χ4v) is 3.77. The molecule has 2 aliphatic rings. The minimum Gasteiger partial charge on any atom is -0.317 e. The van der Waals surface area contributed by atoms with Crippen molar-refractivity contribution in [1.29, 1.82) is 0 Å². The number of amides is 1. The molecule has 2 N–H and O–H groups in total. The average Bonchev–Trinajstić information content (AvgIpc) is 2.81. The van der Waals surface area contributed by atoms with Gasteiger partial charge in [0.2, 0.25) is 5.91 Å². The molecule has 1 aromatic rings. The van der Waals surface area contributed by atoms with Crippen LogP contribution in [0.3, 0.4) is 0 Å². The van der Waals surface area contributed by atoms with E-state index in [2.05, 4.69) is 24.5 Å². The van der Waals surface area contributed by atoms with Gasteiger partial charge in [0, 0.05) is 24.4 Å². The van der Waals surface area contributed by atoms with Gasteiger partial charge in [-0.15, -0.1) is 12.4 Å². The highest BCUT2D eigenvalue weighted by Gasteiger charge is 2.36. The molecule has 124 valence electrons. The Morgan fingerprint density at radius 1 is 1.32 bits per heavy atom. The maximum atomic E-state index is 12.1. The molecule has 2 aliphatic heterocycles. The number of fused-ring (bicyclic) bond motifs is 1. The van der Waals surface area contributed by atoms with Crippen LogP contribution < -0.4 is 10.6 Å². The van der Waals surface area contributed by atoms with Gasteiger partial charge in [0.05, 0.1) is 5.69 Å². The summed E-state index contributed by atoms with van der Waals surface area (Å²) in [5.74, 6) is 2.09. The molecule has 5 nitrogen and oxygen atoms in total. The molecule has 6 heteroatoms. The summed E-state index contributed by atoms with van der Waals surface area (Å²) in [5, 5.41) is 11.2. The monoisotopic (exact) mass is 326 g/mol. The fraction of sp³-hybridized carbons (Fsp3) is 0.750. The van der Waals surface area contributed by atoms with E-state index in [0.717, 1.165) is 56.8 Å². The molecule has 0 spiro atoms. The number of unbranched alkanes of at least 4 members (excludes halogenated alkanes) is 1. The largest absolute Gasteiger partial charge is 0.317 e. The Hall–Kier alpha value is -1.07. The van der Waals surface area contributed by atoms with Crippen LogP contribution in [0.5, 0.6) is 0 Å². The molecule has 0 saturated carbocycles. The summed E-state index contributed by atoms with van der Waals surface area (Å²) in [6.07, 6.45) is 5.19. The Kier molecular flexibility index (Phi) is 5.87. The van der Waals surface area contributed by atoms with Crippen LogP contribution >= 0.6 is 12.4 Å². The van der Waals surface area contributed by atoms with Crippen molar-refractivity contribution in [2.75, 3.05) is 18.4 Å². The van der Waals surface area contributed by atoms with Crippen LogP contribution in [-0.2, 0) is 11.3 Å². The predicted molar refractivity (Wildman–Crippen MR) is 90.7 cm³/mol. The number of aryl methyl sites for hydroxylation is 2. The van der Waals surface area contributed by atoms with Gasteiger partial charge in [-0.1, -0.05) is 13.3 Å². The molecule has 1 fully saturated rings. The van der Waals surface area contributed by atoms with Crippen molar-refractivity contribution < 1.29 is 4.79 Å². The molecule has 22 heavy (non-hydrogen) atoms. The number of carbonyl (C=O) groups is 1. The first-order valence-electron chi connectivity index (χ1n) is 8.28. The number of anilines is 1. The summed E-state index contributed by atoms with van der Waals surface area (Å²) in [6.45, 7) is 7.31. The highest BCUT2D eigenvalue weighted by atomic mass is 35.5. The van der Waals surface area contributed by atoms with Gasteiger partial charge in [-0.3, -0.25) is 4.79 Å². The van der Waals surface area contributed by atoms with Crippen LogP contribution in [0.2, 0.25) is 0 Å². The first-order chi connectivity index (χ1) is 10.2. The van der Waals surface area contributed by atoms with Crippen LogP contribution in [0.15, 0.2) is 0 Å². The Labute approximate surface area is 138 Å². The number of aromatic nitrogens is 2. The second-order valence-electron chi connectivity index (χ2n) is 6.37. The standard InChI is InChI=1S/C16H26N4O.ClH/c1-3-4-9-20-16-15(11(2)19-20)13(10-14(21)18-16)12-5-7-17-8-6-12;/h12-13,17H,3-10H2,1-2H3,(H,18,21);1H. The van der Waals surface area contributed by atoms with Crippen LogP contribution in [0.1, 0.15) is 56.2 Å². The number of carbonyl (C=O) groups excluding carboxylic acids is 1. The third kappa shape index (κ3) is 3.30. The Balaban J connectivity index is 0.00000176. The quantitative estimate of drug-likeness (QED) is 0.894. The number of piperidine rings is 1. The van der Waals surface area contributed by atoms with E-state index in [1.165, 1.54) is 5.56 Å². The van der Waals surface area contributed by atoms with Gasteiger partial charge in [-0.05, 0) is 45.2 Å². The van der Waals surface area contributed by atoms with Gasteiger partial charge in [-0.25, -0.2) is 4.68 Å². The molecule has 0 bridgehead atoms. The first-order valence-corrected chi connectivity index (χ1v) is 8.28. The van der Waals surface area contributed by atoms with Gasteiger partial charge in [0.15, 0.2) is 0 Å². The van der Waals surface area contributed by atoms with Gasteiger partial charge >= 0.3 is 0 Å². The lowest BCUT2D eigenvalue weighted by molar-refractivity contribution is -0.117. The lowest BCUT2D eigenvalue weighted by Crippen LogP contribution is -2.35. The molecule has 3 heterocycles. The van der Waals surface area contributed by atoms with Crippen molar-refractivity contribution in [2.24, 2.45) is 5.92 Å². The summed E-state index contributed by atoms with van der Waals surface area (Å²) in [6, 6.07) is 0. The average molecular weight is 327 g/mol. The predicted octanol–water partition coefficient (Wildman–Crippen LogP) is 2.84. The zero-order valence-electron chi connectivity index (χ0n) is 13.5. The number of halogens is 1. The van der Waals surface area contributed by atoms with E-state index in [1.807, 2.05) is 4.68 Å². The normalized spacial score (nSPS) is 21.9. The van der Waals surface area contributed by atoms with Crippen molar-refractivity contribution in [3.63, 3.8) is 0 Å². The minimum absolute atomic E-state index is 0. The SMILES string of the molecule is CCCCn1nc(C)c2c1NC(=O)CC2C1CCNCC1.Cl. The smallest absolute Gasteiger partial charge is 0.226 e. The molecular formula is C16H27ClN4O. The molecule has 1 saturated heterocycles. The van der Waals surface area contributed by atoms with Gasteiger partial charge in [0.1, 0.15) is 5.82 Å². The van der Waals surface area contributed by atoms with E-state index in [-0.39, 0.29) is 18.3 Å². The van der Waals surface area contributed by atoms with E-state index in [9.17, 15) is 4.79 Å². The van der Waals surface area contributed by atoms with Crippen molar-refractivity contribution in [1.82, 2.24) is 15.1 Å². The number of nitrogens with one attached hydrogen (secondary N) is 2. The van der Waals surface area contributed by atoms with Gasteiger partial charge < -0.3 is 10.6 Å². The molecule has 1 atom stereocenters. The highest BCUT2D eigenvalue weighted by Crippen LogP contribution is 2.42. The van der Waals surface area contributed by atoms with E-state index in [0.29, 0.717) is 18.3 Å². The Bertz CT molecular complexity index is 522. The van der Waals surface area contributed by atoms with Crippen molar-refractivity contribution in [2.45, 2.75) is 58.4 Å². The fourth-order valence-electron chi connectivity index (χ4n) is 3.77. The van der Waals surface area contributed by atoms with E-state index in [4.69, 9.17) is 5.10 Å². The lowest BCUT2D eigenvalue weighted by atomic mass is 9.77. The van der Waals surface area contributed by atoms with Crippen molar-refractivity contribution in [3.05, 3.63) is 11.3 Å². The topological polar surface area (TPSA) is 59.0 Å². The van der Waals surface area contributed by atoms with Crippen LogP contribution in [0.25, 0.3) is 0 Å². The molecule has 1 amide bonds. The number of nitrogens with zero attached hydrogens (tertiary/aromatic N) is 2. The number of hydrogen-bond donors (Lipinski definition) is 2. The molecule has 0 aliphatic carbocycles. The molecule has 1 aromatic heterocycles. The molecule has 0 radical (unpaired) electrons. The Morgan fingerprint density at radius 3 is 2.73 bits per heavy atom. The molecule has 0 aromatic carbocycles. The van der Waals surface area contributed by atoms with Crippen LogP contribution in [0.4, 0.5) is 5.82 Å². The lowest BCUT2D eigenvalue weighted by Gasteiger charge is -2.33.